The maximum Gasteiger partial charge on any atom is 0.337 e. The van der Waals surface area contributed by atoms with Crippen LogP contribution in [0, 0.1) is 32.0 Å². The van der Waals surface area contributed by atoms with Gasteiger partial charge in [0, 0.05) is 9.47 Å². The summed E-state index contributed by atoms with van der Waals surface area (Å²) in [6, 6.07) is 24.3. The lowest BCUT2D eigenvalue weighted by atomic mass is 9.52. The predicted octanol–water partition coefficient (Wildman–Crippen LogP) is 6.60. The van der Waals surface area contributed by atoms with E-state index < -0.39 is 22.5 Å². The van der Waals surface area contributed by atoms with Gasteiger partial charge in [-0.15, -0.1) is 46.4 Å². The van der Waals surface area contributed by atoms with Crippen molar-refractivity contribution in [3.8, 4) is 5.97 Å². The molecule has 3 aromatic carbocycles. The highest BCUT2D eigenvalue weighted by Crippen LogP contribution is 2.68. The van der Waals surface area contributed by atoms with Crippen LogP contribution in [-0.4, -0.2) is 15.3 Å². The largest absolute Gasteiger partial charge is 0.337 e. The molecule has 0 radical (unpaired) electrons. The molecule has 3 aromatic rings. The Morgan fingerprint density at radius 2 is 0.935 bits per heavy atom. The number of aryl methyl sites for hydroxylation is 3. The van der Waals surface area contributed by atoms with Crippen molar-refractivity contribution in [2.45, 2.75) is 30.2 Å². The molecule has 0 aliphatic heterocycles. The number of rotatable bonds is 6. The second kappa shape index (κ2) is 9.74. The van der Waals surface area contributed by atoms with Crippen LogP contribution in [0.2, 0.25) is 0 Å². The third-order valence-corrected chi connectivity index (χ3v) is 14.2. The molecule has 1 nitrogen and oxygen atoms in total. The molecule has 0 amide bonds. The van der Waals surface area contributed by atoms with Crippen molar-refractivity contribution in [2.24, 2.45) is 0 Å². The molecule has 0 saturated heterocycles. The van der Waals surface area contributed by atoms with E-state index in [-0.39, 0.29) is 0 Å². The summed E-state index contributed by atoms with van der Waals surface area (Å²) in [5.74, 6) is 0.107. The molecular formula is C24H23BCl4NP. The highest BCUT2D eigenvalue weighted by Gasteiger charge is 2.66. The maximum atomic E-state index is 10.8. The fourth-order valence-corrected chi connectivity index (χ4v) is 13.6. The van der Waals surface area contributed by atoms with Crippen molar-refractivity contribution in [2.75, 3.05) is 0 Å². The van der Waals surface area contributed by atoms with Crippen molar-refractivity contribution >= 4 is 75.3 Å². The molecule has 0 N–H and O–H groups in total. The molecule has 31 heavy (non-hydrogen) atoms. The second-order valence-corrected chi connectivity index (χ2v) is 13.9. The Labute approximate surface area is 205 Å². The Balaban J connectivity index is 2.73. The molecule has 0 aromatic heterocycles. The lowest BCUT2D eigenvalue weighted by molar-refractivity contribution is 1.48. The van der Waals surface area contributed by atoms with Gasteiger partial charge in [0.2, 0.25) is 0 Å². The molecule has 0 aliphatic rings. The highest BCUT2D eigenvalue weighted by molar-refractivity contribution is 8.24. The van der Waals surface area contributed by atoms with Gasteiger partial charge in [-0.1, -0.05) is 60.6 Å². The summed E-state index contributed by atoms with van der Waals surface area (Å²) in [7, 11) is -2.85. The minimum Gasteiger partial charge on any atom is -0.245 e. The van der Waals surface area contributed by atoms with E-state index in [2.05, 4.69) is 24.2 Å². The first-order chi connectivity index (χ1) is 14.7. The molecule has 0 unspecified atom stereocenters. The van der Waals surface area contributed by atoms with Crippen molar-refractivity contribution in [1.29, 1.82) is 5.26 Å². The summed E-state index contributed by atoms with van der Waals surface area (Å²) < 4.78 is -2.14. The predicted molar refractivity (Wildman–Crippen MR) is 142 cm³/mol. The van der Waals surface area contributed by atoms with E-state index in [1.165, 1.54) is 0 Å². The quantitative estimate of drug-likeness (QED) is 0.209. The molecule has 0 fully saturated rings. The van der Waals surface area contributed by atoms with E-state index >= 15 is 0 Å². The summed E-state index contributed by atoms with van der Waals surface area (Å²) >= 11 is 26.9. The molecular weight excluding hydrogens is 486 g/mol. The van der Waals surface area contributed by atoms with Crippen molar-refractivity contribution in [1.82, 2.24) is 0 Å². The second-order valence-electron chi connectivity index (χ2n) is 7.83. The number of nitriles is 1. The van der Waals surface area contributed by atoms with E-state index in [0.717, 1.165) is 32.6 Å². The third kappa shape index (κ3) is 3.80. The lowest BCUT2D eigenvalue weighted by Crippen LogP contribution is -2.60. The molecule has 160 valence electrons. The zero-order valence-electron chi connectivity index (χ0n) is 17.6. The van der Waals surface area contributed by atoms with Gasteiger partial charge < -0.3 is 0 Å². The van der Waals surface area contributed by atoms with Crippen molar-refractivity contribution < 1.29 is 0 Å². The Hall–Kier alpha value is -1.20. The first-order valence-corrected chi connectivity index (χ1v) is 13.6. The van der Waals surface area contributed by atoms with Gasteiger partial charge in [0.15, 0.2) is 0 Å². The highest BCUT2D eigenvalue weighted by atomic mass is 35.5. The molecule has 0 aliphatic carbocycles. The molecule has 0 atom stereocenters. The summed E-state index contributed by atoms with van der Waals surface area (Å²) in [4.78, 5) is 0. The van der Waals surface area contributed by atoms with Gasteiger partial charge in [-0.3, -0.25) is 0 Å². The summed E-state index contributed by atoms with van der Waals surface area (Å²) in [5.41, 5.74) is 3.14. The fraction of sp³-hybridized carbons (Fsp3) is 0.208. The van der Waals surface area contributed by atoms with Gasteiger partial charge in [0.25, 0.3) is 0 Å². The average molecular weight is 509 g/mol. The molecule has 0 bridgehead atoms. The Kier molecular flexibility index (Phi) is 7.68. The summed E-state index contributed by atoms with van der Waals surface area (Å²) in [5, 5.41) is 13.9. The van der Waals surface area contributed by atoms with Crippen LogP contribution in [-0.2, 0) is 0 Å². The fourth-order valence-electron chi connectivity index (χ4n) is 4.60. The van der Waals surface area contributed by atoms with Crippen molar-refractivity contribution in [3.63, 3.8) is 0 Å². The van der Waals surface area contributed by atoms with Crippen LogP contribution in [0.25, 0.3) is 0 Å². The van der Waals surface area contributed by atoms with Crippen LogP contribution in [0.1, 0.15) is 16.7 Å². The number of nitrogens with zero attached hydrogens (tertiary/aromatic N) is 1. The molecule has 3 rings (SSSR count). The van der Waals surface area contributed by atoms with Crippen LogP contribution in [0.15, 0.2) is 72.8 Å². The van der Waals surface area contributed by atoms with Crippen LogP contribution in [0.5, 0.6) is 0 Å². The first kappa shape index (κ1) is 24.4. The van der Waals surface area contributed by atoms with E-state index in [9.17, 15) is 5.26 Å². The van der Waals surface area contributed by atoms with Gasteiger partial charge in [0.05, 0.1) is 15.9 Å². The Bertz CT molecular complexity index is 1010. The first-order valence-electron chi connectivity index (χ1n) is 9.96. The third-order valence-electron chi connectivity index (χ3n) is 6.10. The zero-order valence-corrected chi connectivity index (χ0v) is 21.5. The molecule has 0 heterocycles. The van der Waals surface area contributed by atoms with E-state index in [0.29, 0.717) is 0 Å². The van der Waals surface area contributed by atoms with Crippen LogP contribution in [0.3, 0.4) is 0 Å². The van der Waals surface area contributed by atoms with Gasteiger partial charge in [0.1, 0.15) is 0 Å². The summed E-state index contributed by atoms with van der Waals surface area (Å²) in [6.07, 6.45) is 0. The standard InChI is InChI=1S/C24H23BCl4NP/c1-17-10-4-7-13-20(17)31(21-14-8-5-11-18(21)2,22-15-9-6-12-19(22)3)25(16-30,23(26)27)24(28)29/h4-15,23-24H,1-3H3. The number of hydrogen-bond donors (Lipinski definition) is 0. The van der Waals surface area contributed by atoms with E-state index in [1.54, 1.807) is 0 Å². The number of hydrogen-bond acceptors (Lipinski definition) is 1. The normalized spacial score (nSPS) is 12.3. The number of benzene rings is 3. The smallest absolute Gasteiger partial charge is 0.245 e. The average Bonchev–Trinajstić information content (AvgIpc) is 2.73. The minimum atomic E-state index is -2.85. The van der Waals surface area contributed by atoms with E-state index in [4.69, 9.17) is 46.4 Å². The van der Waals surface area contributed by atoms with Gasteiger partial charge in [-0.2, -0.15) is 0 Å². The SMILES string of the molecule is Cc1ccccc1[P+](c1ccccc1C)(c1ccccc1C)[B-](C#N)(C(Cl)Cl)C(Cl)Cl. The summed E-state index contributed by atoms with van der Waals surface area (Å²) in [6.45, 7) is 6.15. The minimum absolute atomic E-state index is 1.03. The van der Waals surface area contributed by atoms with Crippen LogP contribution < -0.4 is 15.9 Å². The van der Waals surface area contributed by atoms with E-state index in [1.807, 2.05) is 75.4 Å². The lowest BCUT2D eigenvalue weighted by Gasteiger charge is -2.49. The van der Waals surface area contributed by atoms with Crippen LogP contribution in [0.4, 0.5) is 0 Å². The molecule has 0 spiro atoms. The number of halogens is 4. The van der Waals surface area contributed by atoms with Crippen molar-refractivity contribution in [3.05, 3.63) is 89.5 Å². The topological polar surface area (TPSA) is 23.8 Å². The van der Waals surface area contributed by atoms with Gasteiger partial charge >= 0.3 is 5.87 Å². The zero-order chi connectivity index (χ0) is 22.8. The Morgan fingerprint density at radius 3 is 1.16 bits per heavy atom. The number of alkyl halides is 4. The van der Waals surface area contributed by atoms with Gasteiger partial charge in [-0.25, -0.2) is 5.26 Å². The molecule has 7 heteroatoms. The molecule has 0 saturated carbocycles. The maximum absolute atomic E-state index is 10.8. The van der Waals surface area contributed by atoms with Crippen LogP contribution >= 0.6 is 53.5 Å². The Morgan fingerprint density at radius 1 is 0.645 bits per heavy atom. The monoisotopic (exact) mass is 507 g/mol. The van der Waals surface area contributed by atoms with Gasteiger partial charge in [-0.05, 0) is 62.8 Å².